The number of benzene rings is 1. The molecule has 0 spiro atoms. The Morgan fingerprint density at radius 3 is 2.45 bits per heavy atom. The zero-order valence-corrected chi connectivity index (χ0v) is 12.6. The number of likely N-dealkylation sites (N-methyl/N-ethyl adjacent to an activating group) is 1. The highest BCUT2D eigenvalue weighted by Gasteiger charge is 2.42. The number of amides is 1. The third kappa shape index (κ3) is 2.67. The van der Waals surface area contributed by atoms with Gasteiger partial charge in [-0.15, -0.1) is 0 Å². The molecule has 0 aromatic heterocycles. The summed E-state index contributed by atoms with van der Waals surface area (Å²) >= 11 is 12.1. The van der Waals surface area contributed by atoms with Gasteiger partial charge in [-0.1, -0.05) is 29.3 Å². The Labute approximate surface area is 128 Å². The van der Waals surface area contributed by atoms with Crippen LogP contribution in [0.5, 0.6) is 0 Å². The van der Waals surface area contributed by atoms with Gasteiger partial charge in [0.2, 0.25) is 5.91 Å². The molecule has 5 heteroatoms. The van der Waals surface area contributed by atoms with Crippen LogP contribution in [0, 0.1) is 11.3 Å². The van der Waals surface area contributed by atoms with Gasteiger partial charge in [-0.25, -0.2) is 0 Å². The van der Waals surface area contributed by atoms with Crippen molar-refractivity contribution in [3.05, 3.63) is 39.9 Å². The Morgan fingerprint density at radius 2 is 2.00 bits per heavy atom. The monoisotopic (exact) mass is 308 g/mol. The zero-order valence-electron chi connectivity index (χ0n) is 11.1. The van der Waals surface area contributed by atoms with E-state index in [2.05, 4.69) is 6.07 Å². The number of hydrogen-bond donors (Lipinski definition) is 0. The lowest BCUT2D eigenvalue weighted by molar-refractivity contribution is -0.130. The van der Waals surface area contributed by atoms with Gasteiger partial charge in [0.05, 0.1) is 6.07 Å². The van der Waals surface area contributed by atoms with Gasteiger partial charge in [-0.3, -0.25) is 4.79 Å². The molecular weight excluding hydrogens is 295 g/mol. The van der Waals surface area contributed by atoms with E-state index in [1.54, 1.807) is 31.3 Å². The summed E-state index contributed by atoms with van der Waals surface area (Å²) in [5, 5.41) is 10.2. The van der Waals surface area contributed by atoms with E-state index in [4.69, 9.17) is 23.2 Å². The Bertz CT molecular complexity index is 580. The summed E-state index contributed by atoms with van der Waals surface area (Å²) in [5.41, 5.74) is -0.0386. The normalized spacial score (nSPS) is 16.5. The minimum atomic E-state index is -0.647. The summed E-state index contributed by atoms with van der Waals surface area (Å²) < 4.78 is 0. The van der Waals surface area contributed by atoms with Crippen molar-refractivity contribution in [2.45, 2.75) is 24.8 Å². The van der Waals surface area contributed by atoms with Crippen LogP contribution in [0.25, 0.3) is 6.08 Å². The van der Waals surface area contributed by atoms with Crippen molar-refractivity contribution < 1.29 is 4.79 Å². The Kier molecular flexibility index (Phi) is 4.37. The van der Waals surface area contributed by atoms with E-state index in [1.165, 1.54) is 11.0 Å². The Morgan fingerprint density at radius 1 is 1.40 bits per heavy atom. The molecule has 1 aliphatic rings. The number of rotatable bonds is 3. The summed E-state index contributed by atoms with van der Waals surface area (Å²) in [6.45, 7) is 0. The fourth-order valence-electron chi connectivity index (χ4n) is 2.18. The second kappa shape index (κ2) is 5.87. The first-order chi connectivity index (χ1) is 9.50. The van der Waals surface area contributed by atoms with Crippen LogP contribution in [-0.2, 0) is 4.79 Å². The van der Waals surface area contributed by atoms with Crippen LogP contribution in [0.4, 0.5) is 0 Å². The average molecular weight is 309 g/mol. The molecule has 0 bridgehead atoms. The van der Waals surface area contributed by atoms with Gasteiger partial charge in [0.1, 0.15) is 5.54 Å². The van der Waals surface area contributed by atoms with Gasteiger partial charge in [0.15, 0.2) is 0 Å². The summed E-state index contributed by atoms with van der Waals surface area (Å²) in [4.78, 5) is 13.6. The van der Waals surface area contributed by atoms with Gasteiger partial charge >= 0.3 is 0 Å². The van der Waals surface area contributed by atoms with Crippen molar-refractivity contribution >= 4 is 35.2 Å². The first-order valence-corrected chi connectivity index (χ1v) is 7.07. The second-order valence-electron chi connectivity index (χ2n) is 4.86. The van der Waals surface area contributed by atoms with Crippen LogP contribution in [0.1, 0.15) is 24.8 Å². The highest BCUT2D eigenvalue weighted by molar-refractivity contribution is 6.37. The van der Waals surface area contributed by atoms with Crippen LogP contribution >= 0.6 is 23.2 Å². The molecule has 1 aromatic rings. The summed E-state index contributed by atoms with van der Waals surface area (Å²) in [6, 6.07) is 7.41. The molecule has 104 valence electrons. The molecule has 0 saturated heterocycles. The number of halogens is 2. The summed E-state index contributed by atoms with van der Waals surface area (Å²) in [5.74, 6) is -0.220. The first kappa shape index (κ1) is 14.9. The molecule has 0 unspecified atom stereocenters. The third-order valence-electron chi connectivity index (χ3n) is 3.75. The largest absolute Gasteiger partial charge is 0.323 e. The molecule has 3 nitrogen and oxygen atoms in total. The zero-order chi connectivity index (χ0) is 14.8. The highest BCUT2D eigenvalue weighted by atomic mass is 35.5. The van der Waals surface area contributed by atoms with Crippen molar-refractivity contribution in [2.75, 3.05) is 7.05 Å². The molecular formula is C15H14Cl2N2O. The SMILES string of the molecule is CN(C(=O)/C=C\c1c(Cl)cccc1Cl)C1(C#N)CCC1. The molecule has 0 heterocycles. The smallest absolute Gasteiger partial charge is 0.247 e. The van der Waals surface area contributed by atoms with E-state index >= 15 is 0 Å². The standard InChI is InChI=1S/C15H14Cl2N2O/c1-19(15(10-18)8-3-9-15)14(20)7-6-11-12(16)4-2-5-13(11)17/h2,4-7H,3,8-9H2,1H3/b7-6-. The van der Waals surface area contributed by atoms with Gasteiger partial charge in [0.25, 0.3) is 0 Å². The molecule has 1 amide bonds. The van der Waals surface area contributed by atoms with Crippen molar-refractivity contribution in [3.8, 4) is 6.07 Å². The molecule has 2 rings (SSSR count). The van der Waals surface area contributed by atoms with Crippen LogP contribution in [0.15, 0.2) is 24.3 Å². The number of nitrogens with zero attached hydrogens (tertiary/aromatic N) is 2. The van der Waals surface area contributed by atoms with Crippen molar-refractivity contribution in [2.24, 2.45) is 0 Å². The number of carbonyl (C=O) groups excluding carboxylic acids is 1. The van der Waals surface area contributed by atoms with Crippen molar-refractivity contribution in [1.29, 1.82) is 5.26 Å². The van der Waals surface area contributed by atoms with Crippen LogP contribution in [-0.4, -0.2) is 23.4 Å². The maximum Gasteiger partial charge on any atom is 0.247 e. The number of hydrogen-bond acceptors (Lipinski definition) is 2. The fourth-order valence-corrected chi connectivity index (χ4v) is 2.70. The van der Waals surface area contributed by atoms with Crippen LogP contribution in [0.3, 0.4) is 0 Å². The van der Waals surface area contributed by atoms with E-state index in [9.17, 15) is 10.1 Å². The molecule has 1 fully saturated rings. The van der Waals surface area contributed by atoms with Crippen LogP contribution in [0.2, 0.25) is 10.0 Å². The predicted octanol–water partition coefficient (Wildman–Crippen LogP) is 3.91. The van der Waals surface area contributed by atoms with E-state index in [0.29, 0.717) is 15.6 Å². The molecule has 1 aliphatic carbocycles. The topological polar surface area (TPSA) is 44.1 Å². The van der Waals surface area contributed by atoms with E-state index in [-0.39, 0.29) is 5.91 Å². The highest BCUT2D eigenvalue weighted by Crippen LogP contribution is 2.36. The summed E-state index contributed by atoms with van der Waals surface area (Å²) in [6.07, 6.45) is 5.43. The second-order valence-corrected chi connectivity index (χ2v) is 5.68. The minimum absolute atomic E-state index is 0.220. The van der Waals surface area contributed by atoms with E-state index in [0.717, 1.165) is 19.3 Å². The van der Waals surface area contributed by atoms with E-state index in [1.807, 2.05) is 0 Å². The van der Waals surface area contributed by atoms with Gasteiger partial charge < -0.3 is 4.90 Å². The molecule has 0 N–H and O–H groups in total. The molecule has 1 aromatic carbocycles. The van der Waals surface area contributed by atoms with Crippen molar-refractivity contribution in [1.82, 2.24) is 4.90 Å². The van der Waals surface area contributed by atoms with Gasteiger partial charge in [-0.2, -0.15) is 5.26 Å². The quantitative estimate of drug-likeness (QED) is 0.795. The molecule has 20 heavy (non-hydrogen) atoms. The molecule has 0 radical (unpaired) electrons. The number of carbonyl (C=O) groups is 1. The average Bonchev–Trinajstić information content (AvgIpc) is 2.37. The Hall–Kier alpha value is -1.50. The lowest BCUT2D eigenvalue weighted by Crippen LogP contribution is -2.52. The van der Waals surface area contributed by atoms with Gasteiger partial charge in [-0.05, 0) is 37.5 Å². The maximum atomic E-state index is 12.1. The molecule has 0 aliphatic heterocycles. The Balaban J connectivity index is 2.16. The maximum absolute atomic E-state index is 12.1. The third-order valence-corrected chi connectivity index (χ3v) is 4.41. The van der Waals surface area contributed by atoms with Crippen LogP contribution < -0.4 is 0 Å². The number of nitriles is 1. The van der Waals surface area contributed by atoms with Gasteiger partial charge in [0, 0.05) is 28.7 Å². The fraction of sp³-hybridized carbons (Fsp3) is 0.333. The lowest BCUT2D eigenvalue weighted by atomic mass is 9.76. The first-order valence-electron chi connectivity index (χ1n) is 6.31. The van der Waals surface area contributed by atoms with Crippen molar-refractivity contribution in [3.63, 3.8) is 0 Å². The minimum Gasteiger partial charge on any atom is -0.323 e. The molecule has 0 atom stereocenters. The summed E-state index contributed by atoms with van der Waals surface area (Å²) in [7, 11) is 1.66. The predicted molar refractivity (Wildman–Crippen MR) is 80.5 cm³/mol. The van der Waals surface area contributed by atoms with E-state index < -0.39 is 5.54 Å². The lowest BCUT2D eigenvalue weighted by Gasteiger charge is -2.42. The molecule has 1 saturated carbocycles.